The summed E-state index contributed by atoms with van der Waals surface area (Å²) in [5, 5.41) is 3.15. The SMILES string of the molecule is Cc1cc(C(=O)NC(C)CN2CCOCC2)c(C)n1-c1ccc2c(c1)OCCO2. The number of amides is 1. The molecule has 2 aliphatic heterocycles. The van der Waals surface area contributed by atoms with E-state index in [-0.39, 0.29) is 11.9 Å². The Morgan fingerprint density at radius 1 is 1.07 bits per heavy atom. The van der Waals surface area contributed by atoms with Crippen molar-refractivity contribution in [3.63, 3.8) is 0 Å². The summed E-state index contributed by atoms with van der Waals surface area (Å²) < 4.78 is 18.8. The summed E-state index contributed by atoms with van der Waals surface area (Å²) in [6, 6.07) is 7.90. The molecule has 0 bridgehead atoms. The summed E-state index contributed by atoms with van der Waals surface area (Å²) in [6.07, 6.45) is 0. The number of nitrogens with zero attached hydrogens (tertiary/aromatic N) is 2. The second-order valence-corrected chi connectivity index (χ2v) is 7.74. The molecule has 1 N–H and O–H groups in total. The maximum atomic E-state index is 12.9. The lowest BCUT2D eigenvalue weighted by molar-refractivity contribution is 0.0342. The largest absolute Gasteiger partial charge is 0.486 e. The first-order chi connectivity index (χ1) is 14.0. The number of nitrogens with one attached hydrogen (secondary N) is 1. The summed E-state index contributed by atoms with van der Waals surface area (Å²) in [7, 11) is 0. The minimum Gasteiger partial charge on any atom is -0.486 e. The van der Waals surface area contributed by atoms with Crippen molar-refractivity contribution >= 4 is 5.91 Å². The van der Waals surface area contributed by atoms with E-state index in [9.17, 15) is 4.79 Å². The molecule has 1 unspecified atom stereocenters. The van der Waals surface area contributed by atoms with E-state index in [2.05, 4.69) is 14.8 Å². The molecule has 0 spiro atoms. The number of morpholine rings is 1. The third-order valence-electron chi connectivity index (χ3n) is 5.47. The second kappa shape index (κ2) is 8.47. The van der Waals surface area contributed by atoms with Crippen LogP contribution in [0.1, 0.15) is 28.7 Å². The minimum absolute atomic E-state index is 0.0392. The fraction of sp³-hybridized carbons (Fsp3) is 0.500. The van der Waals surface area contributed by atoms with E-state index in [0.29, 0.717) is 18.8 Å². The van der Waals surface area contributed by atoms with Gasteiger partial charge in [0.05, 0.1) is 18.8 Å². The number of aromatic nitrogens is 1. The van der Waals surface area contributed by atoms with Gasteiger partial charge in [0.25, 0.3) is 5.91 Å². The average Bonchev–Trinajstić information content (AvgIpc) is 3.02. The molecular weight excluding hydrogens is 370 g/mol. The Labute approximate surface area is 171 Å². The molecule has 2 aromatic rings. The predicted octanol–water partition coefficient (Wildman–Crippen LogP) is 2.32. The van der Waals surface area contributed by atoms with Crippen molar-refractivity contribution in [2.75, 3.05) is 46.1 Å². The second-order valence-electron chi connectivity index (χ2n) is 7.74. The first-order valence-corrected chi connectivity index (χ1v) is 10.2. The van der Waals surface area contributed by atoms with Crippen LogP contribution in [0.15, 0.2) is 24.3 Å². The number of carbonyl (C=O) groups excluding carboxylic acids is 1. The quantitative estimate of drug-likeness (QED) is 0.836. The van der Waals surface area contributed by atoms with Crippen molar-refractivity contribution < 1.29 is 19.0 Å². The highest BCUT2D eigenvalue weighted by Gasteiger charge is 2.21. The van der Waals surface area contributed by atoms with Crippen LogP contribution in [0, 0.1) is 13.8 Å². The Hall–Kier alpha value is -2.51. The highest BCUT2D eigenvalue weighted by molar-refractivity contribution is 5.96. The normalized spacial score (nSPS) is 17.8. The van der Waals surface area contributed by atoms with E-state index >= 15 is 0 Å². The van der Waals surface area contributed by atoms with Gasteiger partial charge in [-0.05, 0) is 39.0 Å². The molecule has 3 heterocycles. The molecule has 7 heteroatoms. The van der Waals surface area contributed by atoms with E-state index in [1.165, 1.54) is 0 Å². The maximum absolute atomic E-state index is 12.9. The Balaban J connectivity index is 1.50. The Morgan fingerprint density at radius 2 is 1.79 bits per heavy atom. The highest BCUT2D eigenvalue weighted by Crippen LogP contribution is 2.33. The van der Waals surface area contributed by atoms with Crippen molar-refractivity contribution in [2.45, 2.75) is 26.8 Å². The van der Waals surface area contributed by atoms with Crippen LogP contribution in [0.5, 0.6) is 11.5 Å². The number of benzene rings is 1. The lowest BCUT2D eigenvalue weighted by atomic mass is 10.2. The molecule has 0 saturated carbocycles. The van der Waals surface area contributed by atoms with E-state index < -0.39 is 0 Å². The molecule has 29 heavy (non-hydrogen) atoms. The van der Waals surface area contributed by atoms with Crippen LogP contribution < -0.4 is 14.8 Å². The van der Waals surface area contributed by atoms with Gasteiger partial charge < -0.3 is 24.1 Å². The van der Waals surface area contributed by atoms with Crippen molar-refractivity contribution in [1.29, 1.82) is 0 Å². The number of rotatable bonds is 5. The number of hydrogen-bond donors (Lipinski definition) is 1. The first kappa shape index (κ1) is 19.8. The molecule has 1 saturated heterocycles. The third kappa shape index (κ3) is 4.26. The van der Waals surface area contributed by atoms with Crippen molar-refractivity contribution in [3.8, 4) is 17.2 Å². The van der Waals surface area contributed by atoms with Gasteiger partial charge >= 0.3 is 0 Å². The van der Waals surface area contributed by atoms with Crippen LogP contribution in [0.4, 0.5) is 0 Å². The van der Waals surface area contributed by atoms with E-state index in [4.69, 9.17) is 14.2 Å². The Bertz CT molecular complexity index is 886. The molecule has 0 radical (unpaired) electrons. The summed E-state index contributed by atoms with van der Waals surface area (Å²) in [4.78, 5) is 15.3. The zero-order valence-corrected chi connectivity index (χ0v) is 17.4. The van der Waals surface area contributed by atoms with Crippen molar-refractivity contribution in [3.05, 3.63) is 41.2 Å². The average molecular weight is 399 g/mol. The highest BCUT2D eigenvalue weighted by atomic mass is 16.6. The van der Waals surface area contributed by atoms with Crippen LogP contribution in [-0.2, 0) is 4.74 Å². The standard InChI is InChI=1S/C22H29N3O4/c1-15(14-24-6-8-27-9-7-24)23-22(26)19-12-16(2)25(17(19)3)18-4-5-20-21(13-18)29-11-10-28-20/h4-5,12-13,15H,6-11,14H2,1-3H3,(H,23,26). The van der Waals surface area contributed by atoms with Gasteiger partial charge in [-0.2, -0.15) is 0 Å². The zero-order chi connectivity index (χ0) is 20.4. The molecule has 1 aromatic heterocycles. The summed E-state index contributed by atoms with van der Waals surface area (Å²) in [5.74, 6) is 1.46. The molecule has 1 atom stereocenters. The number of ether oxygens (including phenoxy) is 3. The molecular formula is C22H29N3O4. The molecule has 156 valence electrons. The smallest absolute Gasteiger partial charge is 0.253 e. The fourth-order valence-corrected chi connectivity index (χ4v) is 4.08. The monoisotopic (exact) mass is 399 g/mol. The number of aryl methyl sites for hydroxylation is 1. The van der Waals surface area contributed by atoms with Gasteiger partial charge in [-0.3, -0.25) is 9.69 Å². The summed E-state index contributed by atoms with van der Waals surface area (Å²) >= 11 is 0. The van der Waals surface area contributed by atoms with Gasteiger partial charge in [-0.25, -0.2) is 0 Å². The van der Waals surface area contributed by atoms with Gasteiger partial charge in [-0.1, -0.05) is 0 Å². The Morgan fingerprint density at radius 3 is 2.55 bits per heavy atom. The van der Waals surface area contributed by atoms with E-state index in [0.717, 1.165) is 61.4 Å². The van der Waals surface area contributed by atoms with E-state index in [1.807, 2.05) is 45.0 Å². The van der Waals surface area contributed by atoms with Gasteiger partial charge in [0, 0.05) is 48.8 Å². The van der Waals surface area contributed by atoms with Gasteiger partial charge in [0.1, 0.15) is 13.2 Å². The molecule has 0 aliphatic carbocycles. The van der Waals surface area contributed by atoms with Gasteiger partial charge in [0.2, 0.25) is 0 Å². The van der Waals surface area contributed by atoms with Crippen molar-refractivity contribution in [2.24, 2.45) is 0 Å². The zero-order valence-electron chi connectivity index (χ0n) is 17.4. The number of hydrogen-bond acceptors (Lipinski definition) is 5. The molecule has 1 aromatic carbocycles. The molecule has 2 aliphatic rings. The number of carbonyl (C=O) groups is 1. The lowest BCUT2D eigenvalue weighted by Gasteiger charge is -2.29. The van der Waals surface area contributed by atoms with Crippen LogP contribution in [-0.4, -0.2) is 67.5 Å². The van der Waals surface area contributed by atoms with Gasteiger partial charge in [0.15, 0.2) is 11.5 Å². The van der Waals surface area contributed by atoms with Crippen molar-refractivity contribution in [1.82, 2.24) is 14.8 Å². The van der Waals surface area contributed by atoms with Crippen LogP contribution >= 0.6 is 0 Å². The van der Waals surface area contributed by atoms with E-state index in [1.54, 1.807) is 0 Å². The lowest BCUT2D eigenvalue weighted by Crippen LogP contribution is -2.46. The topological polar surface area (TPSA) is 65.0 Å². The van der Waals surface area contributed by atoms with Crippen LogP contribution in [0.25, 0.3) is 5.69 Å². The molecule has 7 nitrogen and oxygen atoms in total. The molecule has 4 rings (SSSR count). The summed E-state index contributed by atoms with van der Waals surface area (Å²) in [6.45, 7) is 11.3. The number of fused-ring (bicyclic) bond motifs is 1. The Kier molecular flexibility index (Phi) is 5.78. The van der Waals surface area contributed by atoms with Crippen LogP contribution in [0.2, 0.25) is 0 Å². The van der Waals surface area contributed by atoms with Crippen LogP contribution in [0.3, 0.4) is 0 Å². The minimum atomic E-state index is -0.0392. The van der Waals surface area contributed by atoms with Gasteiger partial charge in [-0.15, -0.1) is 0 Å². The predicted molar refractivity (Wildman–Crippen MR) is 110 cm³/mol. The molecule has 1 fully saturated rings. The third-order valence-corrected chi connectivity index (χ3v) is 5.47. The molecule has 1 amide bonds. The maximum Gasteiger partial charge on any atom is 0.253 e. The summed E-state index contributed by atoms with van der Waals surface area (Å²) in [5.41, 5.74) is 3.58. The fourth-order valence-electron chi connectivity index (χ4n) is 4.08. The first-order valence-electron chi connectivity index (χ1n) is 10.2.